The van der Waals surface area contributed by atoms with Gasteiger partial charge in [-0.25, -0.2) is 9.46 Å². The smallest absolute Gasteiger partial charge is 0.351 e. The summed E-state index contributed by atoms with van der Waals surface area (Å²) in [5, 5.41) is 24.1. The van der Waals surface area contributed by atoms with E-state index >= 15 is 0 Å². The zero-order chi connectivity index (χ0) is 49.7. The quantitative estimate of drug-likeness (QED) is 0.0153. The summed E-state index contributed by atoms with van der Waals surface area (Å²) in [5.41, 5.74) is 0.395. The molecule has 2 heterocycles. The van der Waals surface area contributed by atoms with E-state index in [2.05, 4.69) is 21.0 Å². The summed E-state index contributed by atoms with van der Waals surface area (Å²) in [5.74, 6) is 0.878. The van der Waals surface area contributed by atoms with E-state index in [1.165, 1.54) is 29.8 Å². The first-order valence-corrected chi connectivity index (χ1v) is 23.6. The molecule has 1 saturated heterocycles. The van der Waals surface area contributed by atoms with Crippen LogP contribution in [0.4, 0.5) is 11.5 Å². The largest absolute Gasteiger partial charge is 0.497 e. The highest BCUT2D eigenvalue weighted by Gasteiger charge is 2.52. The van der Waals surface area contributed by atoms with Gasteiger partial charge in [-0.1, -0.05) is 66.7 Å². The minimum atomic E-state index is -1.97. The van der Waals surface area contributed by atoms with Gasteiger partial charge in [0.15, 0.2) is 6.23 Å². The number of hydrogen-bond acceptors (Lipinski definition) is 15. The van der Waals surface area contributed by atoms with Gasteiger partial charge in [0, 0.05) is 31.3 Å². The van der Waals surface area contributed by atoms with Crippen molar-refractivity contribution in [3.63, 3.8) is 0 Å². The van der Waals surface area contributed by atoms with Gasteiger partial charge in [-0.05, 0) is 87.7 Å². The Labute approximate surface area is 403 Å². The summed E-state index contributed by atoms with van der Waals surface area (Å²) in [7, 11) is 1.21. The van der Waals surface area contributed by atoms with Crippen molar-refractivity contribution < 1.29 is 47.2 Å². The lowest BCUT2D eigenvalue weighted by Gasteiger charge is -2.39. The third-order valence-corrected chi connectivity index (χ3v) is 13.5. The van der Waals surface area contributed by atoms with Gasteiger partial charge >= 0.3 is 5.69 Å². The van der Waals surface area contributed by atoms with Crippen molar-refractivity contribution >= 4 is 25.9 Å². The van der Waals surface area contributed by atoms with E-state index in [0.717, 1.165) is 16.7 Å². The Hall–Kier alpha value is -6.13. The second-order valence-electron chi connectivity index (χ2n) is 16.6. The molecule has 1 N–H and O–H groups in total. The molecule has 1 aromatic heterocycles. The predicted octanol–water partition coefficient (Wildman–Crippen LogP) is 8.81. The molecular formula is C50H59N6O12P. The number of nitro groups is 1. The highest BCUT2D eigenvalue weighted by atomic mass is 31.2. The first kappa shape index (κ1) is 52.2. The number of benzene rings is 4. The molecule has 18 nitrogen and oxygen atoms in total. The van der Waals surface area contributed by atoms with Crippen molar-refractivity contribution in [3.8, 4) is 17.6 Å². The lowest BCUT2D eigenvalue weighted by Crippen LogP contribution is -2.43. The Bertz CT molecular complexity index is 2500. The average Bonchev–Trinajstić information content (AvgIpc) is 3.67. The van der Waals surface area contributed by atoms with Crippen LogP contribution >= 0.6 is 8.53 Å². The van der Waals surface area contributed by atoms with Crippen molar-refractivity contribution in [3.05, 3.63) is 158 Å². The number of nitriles is 1. The fraction of sp³-hybridized carbons (Fsp3) is 0.400. The van der Waals surface area contributed by atoms with Gasteiger partial charge in [-0.15, -0.1) is 0 Å². The summed E-state index contributed by atoms with van der Waals surface area (Å²) >= 11 is 0. The molecule has 4 aromatic carbocycles. The van der Waals surface area contributed by atoms with E-state index in [1.807, 2.05) is 107 Å². The topological polar surface area (TPSA) is 208 Å². The molecule has 19 heteroatoms. The van der Waals surface area contributed by atoms with E-state index in [1.54, 1.807) is 39.3 Å². The van der Waals surface area contributed by atoms with Crippen molar-refractivity contribution in [1.82, 2.24) is 14.2 Å². The first-order chi connectivity index (χ1) is 33.2. The van der Waals surface area contributed by atoms with Gasteiger partial charge in [0.05, 0.1) is 56.5 Å². The fourth-order valence-electron chi connectivity index (χ4n) is 8.21. The first-order valence-electron chi connectivity index (χ1n) is 22.4. The number of para-hydroxylation sites is 1. The zero-order valence-electron chi connectivity index (χ0n) is 39.9. The lowest BCUT2D eigenvalue weighted by atomic mass is 9.80. The van der Waals surface area contributed by atoms with E-state index in [9.17, 15) is 25.0 Å². The number of nitro benzene ring substituents is 1. The average molecular weight is 967 g/mol. The van der Waals surface area contributed by atoms with Crippen molar-refractivity contribution in [2.24, 2.45) is 0 Å². The second kappa shape index (κ2) is 24.4. The van der Waals surface area contributed by atoms with Crippen molar-refractivity contribution in [2.45, 2.75) is 96.3 Å². The Morgan fingerprint density at radius 1 is 0.899 bits per heavy atom. The van der Waals surface area contributed by atoms with E-state index < -0.39 is 68.1 Å². The Morgan fingerprint density at radius 3 is 2.04 bits per heavy atom. The van der Waals surface area contributed by atoms with Crippen LogP contribution in [0.15, 0.2) is 120 Å². The number of amides is 1. The molecular weight excluding hydrogens is 908 g/mol. The summed E-state index contributed by atoms with van der Waals surface area (Å²) in [6.07, 6.45) is -3.82. The molecule has 0 aliphatic carbocycles. The fourth-order valence-corrected chi connectivity index (χ4v) is 9.98. The molecule has 69 heavy (non-hydrogen) atoms. The highest BCUT2D eigenvalue weighted by Crippen LogP contribution is 2.51. The third kappa shape index (κ3) is 12.6. The van der Waals surface area contributed by atoms with Gasteiger partial charge in [-0.3, -0.25) is 19.5 Å². The SMILES string of the molecule is COc1ccc(C(OC[C@H]2O[C@@H](n3ccc(NC(C)=O)nc3=O)[C@H](OCO[C@H](C)c3ccccc3[N+](=O)[O-])[C@@H]2OP(OCCC#N)N(C(C)C)C(C)C)(c2ccccc2)c2ccc(OC)cc2)cc1. The van der Waals surface area contributed by atoms with Crippen LogP contribution < -0.4 is 20.5 Å². The maximum absolute atomic E-state index is 14.0. The molecule has 0 radical (unpaired) electrons. The number of rotatable bonds is 24. The van der Waals surface area contributed by atoms with Crippen LogP contribution in [0.1, 0.15) is 82.5 Å². The standard InChI is InChI=1S/C50H59N6O12P/c1-33(2)55(34(3)4)69(66-30-14-28-51)68-46-44(31-65-50(37-15-10-9-11-16-37,38-19-23-40(61-7)24-20-38)39-21-25-41(62-8)26-22-39)67-48(54-29-27-45(52-36(6)57)53-49(54)58)47(46)64-32-63-35(5)42-17-12-13-18-43(42)56(59)60/h9-13,15-27,29,33-35,44,46-48H,14,30-32H2,1-8H3,(H,52,53,57,58)/t35-,44-,46-,47-,48-,69?/m1/s1. The lowest BCUT2D eigenvalue weighted by molar-refractivity contribution is -0.386. The zero-order valence-corrected chi connectivity index (χ0v) is 40.8. The Kier molecular flexibility index (Phi) is 18.5. The van der Waals surface area contributed by atoms with E-state index in [-0.39, 0.29) is 43.2 Å². The number of hydrogen-bond donors (Lipinski definition) is 1. The third-order valence-electron chi connectivity index (χ3n) is 11.4. The van der Waals surface area contributed by atoms with Gasteiger partial charge < -0.3 is 42.8 Å². The number of carbonyl (C=O) groups excluding carboxylic acids is 1. The molecule has 366 valence electrons. The second-order valence-corrected chi connectivity index (χ2v) is 18.0. The van der Waals surface area contributed by atoms with Crippen LogP contribution in [0.3, 0.4) is 0 Å². The molecule has 0 spiro atoms. The predicted molar refractivity (Wildman–Crippen MR) is 257 cm³/mol. The van der Waals surface area contributed by atoms with E-state index in [4.69, 9.17) is 37.5 Å². The number of anilines is 1. The van der Waals surface area contributed by atoms with Crippen LogP contribution in [-0.4, -0.2) is 89.7 Å². The molecule has 1 unspecified atom stereocenters. The van der Waals surface area contributed by atoms with Gasteiger partial charge in [0.1, 0.15) is 48.0 Å². The molecule has 6 rings (SSSR count). The van der Waals surface area contributed by atoms with Gasteiger partial charge in [-0.2, -0.15) is 10.2 Å². The summed E-state index contributed by atoms with van der Waals surface area (Å²) in [6.45, 7) is 10.4. The van der Waals surface area contributed by atoms with Crippen LogP contribution in [0.5, 0.6) is 11.5 Å². The number of ether oxygens (including phenoxy) is 6. The minimum absolute atomic E-state index is 0.0269. The summed E-state index contributed by atoms with van der Waals surface area (Å²) in [4.78, 5) is 41.6. The molecule has 0 bridgehead atoms. The van der Waals surface area contributed by atoms with E-state index in [0.29, 0.717) is 17.1 Å². The van der Waals surface area contributed by atoms with Crippen molar-refractivity contribution in [2.75, 3.05) is 39.5 Å². The molecule has 1 amide bonds. The van der Waals surface area contributed by atoms with Crippen molar-refractivity contribution in [1.29, 1.82) is 5.26 Å². The number of aromatic nitrogens is 2. The summed E-state index contributed by atoms with van der Waals surface area (Å²) < 4.78 is 55.1. The number of carbonyl (C=O) groups is 1. The van der Waals surface area contributed by atoms with Crippen LogP contribution in [0.2, 0.25) is 0 Å². The normalized spacial score (nSPS) is 17.9. The molecule has 1 aliphatic heterocycles. The summed E-state index contributed by atoms with van der Waals surface area (Å²) in [6, 6.07) is 34.5. The maximum atomic E-state index is 14.0. The Balaban J connectivity index is 1.50. The number of methoxy groups -OCH3 is 2. The minimum Gasteiger partial charge on any atom is -0.497 e. The van der Waals surface area contributed by atoms with Crippen LogP contribution in [0.25, 0.3) is 0 Å². The molecule has 1 aliphatic rings. The maximum Gasteiger partial charge on any atom is 0.351 e. The van der Waals surface area contributed by atoms with Gasteiger partial charge in [0.25, 0.3) is 14.2 Å². The molecule has 6 atom stereocenters. The Morgan fingerprint density at radius 2 is 1.49 bits per heavy atom. The van der Waals surface area contributed by atoms with Crippen LogP contribution in [-0.2, 0) is 38.4 Å². The van der Waals surface area contributed by atoms with Gasteiger partial charge in [0.2, 0.25) is 5.91 Å². The van der Waals surface area contributed by atoms with Crippen LogP contribution in [0, 0.1) is 21.4 Å². The molecule has 5 aromatic rings. The molecule has 0 saturated carbocycles. The molecule has 1 fully saturated rings. The number of nitrogens with one attached hydrogen (secondary N) is 1. The highest BCUT2D eigenvalue weighted by molar-refractivity contribution is 7.44. The monoisotopic (exact) mass is 966 g/mol. The number of nitrogens with zero attached hydrogens (tertiary/aromatic N) is 5.